The Kier molecular flexibility index (Phi) is 6.35. The summed E-state index contributed by atoms with van der Waals surface area (Å²) in [4.78, 5) is 12.4. The summed E-state index contributed by atoms with van der Waals surface area (Å²) in [6.07, 6.45) is -0.915. The van der Waals surface area contributed by atoms with E-state index in [1.807, 2.05) is 36.4 Å². The standard InChI is InChI=1S/C17H18INO3/c18-15(14(21)11-20)16(12-7-3-1-4-8-12)19-17(22)13-9-5-2-6-10-13/h1-10,14-16,20-21H,11H2,(H,19,22)/t14-,15-,16+/m1/s1. The molecule has 0 aliphatic rings. The first-order valence-corrected chi connectivity index (χ1v) is 8.22. The molecule has 3 N–H and O–H groups in total. The van der Waals surface area contributed by atoms with E-state index >= 15 is 0 Å². The van der Waals surface area contributed by atoms with Gasteiger partial charge in [-0.1, -0.05) is 71.1 Å². The molecule has 22 heavy (non-hydrogen) atoms. The molecule has 0 aromatic heterocycles. The van der Waals surface area contributed by atoms with Crippen molar-refractivity contribution in [2.24, 2.45) is 0 Å². The molecule has 2 aromatic carbocycles. The van der Waals surface area contributed by atoms with Gasteiger partial charge in [-0.25, -0.2) is 0 Å². The smallest absolute Gasteiger partial charge is 0.251 e. The fourth-order valence-corrected chi connectivity index (χ4v) is 2.97. The van der Waals surface area contributed by atoms with E-state index in [2.05, 4.69) is 27.9 Å². The third kappa shape index (κ3) is 4.28. The van der Waals surface area contributed by atoms with E-state index in [-0.39, 0.29) is 16.4 Å². The second-order valence-corrected chi connectivity index (χ2v) is 6.36. The average molecular weight is 411 g/mol. The van der Waals surface area contributed by atoms with Crippen molar-refractivity contribution in [1.29, 1.82) is 0 Å². The number of carbonyl (C=O) groups excluding carboxylic acids is 1. The Morgan fingerprint density at radius 1 is 1.05 bits per heavy atom. The molecule has 4 nitrogen and oxygen atoms in total. The molecule has 0 fully saturated rings. The van der Waals surface area contributed by atoms with Crippen LogP contribution in [0.25, 0.3) is 0 Å². The Balaban J connectivity index is 2.23. The zero-order chi connectivity index (χ0) is 15.9. The van der Waals surface area contributed by atoms with Crippen molar-refractivity contribution in [3.63, 3.8) is 0 Å². The Hall–Kier alpha value is -1.44. The van der Waals surface area contributed by atoms with E-state index in [4.69, 9.17) is 0 Å². The number of rotatable bonds is 6. The maximum atomic E-state index is 12.4. The molecule has 116 valence electrons. The molecule has 0 bridgehead atoms. The van der Waals surface area contributed by atoms with E-state index in [1.165, 1.54) is 0 Å². The number of alkyl halides is 1. The second-order valence-electron chi connectivity index (χ2n) is 4.92. The summed E-state index contributed by atoms with van der Waals surface area (Å²) in [5.41, 5.74) is 1.45. The van der Waals surface area contributed by atoms with Crippen LogP contribution in [-0.2, 0) is 0 Å². The van der Waals surface area contributed by atoms with Gasteiger partial charge < -0.3 is 15.5 Å². The molecule has 0 spiro atoms. The molecule has 0 heterocycles. The summed E-state index contributed by atoms with van der Waals surface area (Å²) in [7, 11) is 0. The Morgan fingerprint density at radius 2 is 1.59 bits per heavy atom. The lowest BCUT2D eigenvalue weighted by Gasteiger charge is -2.27. The molecule has 3 atom stereocenters. The summed E-state index contributed by atoms with van der Waals surface area (Å²) in [6, 6.07) is 18.0. The highest BCUT2D eigenvalue weighted by atomic mass is 127. The van der Waals surface area contributed by atoms with Crippen LogP contribution in [-0.4, -0.2) is 32.8 Å². The highest BCUT2D eigenvalue weighted by Gasteiger charge is 2.28. The minimum absolute atomic E-state index is 0.207. The maximum absolute atomic E-state index is 12.4. The van der Waals surface area contributed by atoms with Crippen LogP contribution in [0.3, 0.4) is 0 Å². The summed E-state index contributed by atoms with van der Waals surface area (Å²) in [5.74, 6) is -0.207. The largest absolute Gasteiger partial charge is 0.394 e. The quantitative estimate of drug-likeness (QED) is 0.505. The number of aliphatic hydroxyl groups excluding tert-OH is 2. The molecule has 0 unspecified atom stereocenters. The van der Waals surface area contributed by atoms with Gasteiger partial charge in [0.1, 0.15) is 0 Å². The van der Waals surface area contributed by atoms with Gasteiger partial charge in [0.25, 0.3) is 5.91 Å². The lowest BCUT2D eigenvalue weighted by atomic mass is 10.00. The number of halogens is 1. The van der Waals surface area contributed by atoms with Gasteiger partial charge in [-0.3, -0.25) is 4.79 Å². The topological polar surface area (TPSA) is 69.6 Å². The highest BCUT2D eigenvalue weighted by Crippen LogP contribution is 2.26. The van der Waals surface area contributed by atoms with Gasteiger partial charge in [-0.15, -0.1) is 0 Å². The van der Waals surface area contributed by atoms with Gasteiger partial charge >= 0.3 is 0 Å². The lowest BCUT2D eigenvalue weighted by molar-refractivity contribution is 0.0808. The number of amides is 1. The van der Waals surface area contributed by atoms with Crippen LogP contribution in [0.4, 0.5) is 0 Å². The van der Waals surface area contributed by atoms with Crippen LogP contribution in [0.15, 0.2) is 60.7 Å². The first kappa shape index (κ1) is 16.9. The number of hydrogen-bond acceptors (Lipinski definition) is 3. The second kappa shape index (κ2) is 8.26. The summed E-state index contributed by atoms with van der Waals surface area (Å²) < 4.78 is -0.349. The molecule has 0 aliphatic heterocycles. The van der Waals surface area contributed by atoms with E-state index < -0.39 is 12.1 Å². The molecular formula is C17H18INO3. The molecule has 2 rings (SSSR count). The van der Waals surface area contributed by atoms with E-state index in [0.717, 1.165) is 5.56 Å². The van der Waals surface area contributed by atoms with Crippen LogP contribution in [0.5, 0.6) is 0 Å². The van der Waals surface area contributed by atoms with Crippen LogP contribution in [0.1, 0.15) is 22.0 Å². The molecule has 5 heteroatoms. The minimum Gasteiger partial charge on any atom is -0.394 e. The van der Waals surface area contributed by atoms with Crippen LogP contribution >= 0.6 is 22.6 Å². The van der Waals surface area contributed by atoms with Gasteiger partial charge in [-0.2, -0.15) is 0 Å². The summed E-state index contributed by atoms with van der Waals surface area (Å²) in [6.45, 7) is -0.349. The first-order valence-electron chi connectivity index (χ1n) is 6.97. The van der Waals surface area contributed by atoms with Crippen molar-refractivity contribution < 1.29 is 15.0 Å². The number of hydrogen-bond donors (Lipinski definition) is 3. The minimum atomic E-state index is -0.915. The van der Waals surface area contributed by atoms with Gasteiger partial charge in [0, 0.05) is 5.56 Å². The monoisotopic (exact) mass is 411 g/mol. The van der Waals surface area contributed by atoms with E-state index in [0.29, 0.717) is 5.56 Å². The van der Waals surface area contributed by atoms with Crippen molar-refractivity contribution in [2.45, 2.75) is 16.1 Å². The number of carbonyl (C=O) groups is 1. The van der Waals surface area contributed by atoms with Gasteiger partial charge in [0.05, 0.1) is 22.7 Å². The SMILES string of the molecule is O=C(N[C@@H](c1ccccc1)[C@H](I)[C@H](O)CO)c1ccccc1. The van der Waals surface area contributed by atoms with Crippen LogP contribution < -0.4 is 5.32 Å². The number of benzene rings is 2. The van der Waals surface area contributed by atoms with E-state index in [1.54, 1.807) is 24.3 Å². The maximum Gasteiger partial charge on any atom is 0.251 e. The highest BCUT2D eigenvalue weighted by molar-refractivity contribution is 14.1. The lowest BCUT2D eigenvalue weighted by Crippen LogP contribution is -2.40. The third-order valence-corrected chi connectivity index (χ3v) is 4.90. The van der Waals surface area contributed by atoms with Crippen molar-refractivity contribution >= 4 is 28.5 Å². The average Bonchev–Trinajstić information content (AvgIpc) is 2.59. The Bertz CT molecular complexity index is 591. The molecule has 1 amide bonds. The molecule has 0 saturated carbocycles. The molecule has 0 radical (unpaired) electrons. The Morgan fingerprint density at radius 3 is 2.14 bits per heavy atom. The fraction of sp³-hybridized carbons (Fsp3) is 0.235. The van der Waals surface area contributed by atoms with Crippen molar-refractivity contribution in [2.75, 3.05) is 6.61 Å². The predicted octanol–water partition coefficient (Wildman–Crippen LogP) is 2.31. The zero-order valence-electron chi connectivity index (χ0n) is 11.9. The molecule has 2 aromatic rings. The van der Waals surface area contributed by atoms with E-state index in [9.17, 15) is 15.0 Å². The fourth-order valence-electron chi connectivity index (χ4n) is 2.14. The van der Waals surface area contributed by atoms with Crippen molar-refractivity contribution in [3.8, 4) is 0 Å². The zero-order valence-corrected chi connectivity index (χ0v) is 14.1. The number of nitrogens with one attached hydrogen (secondary N) is 1. The van der Waals surface area contributed by atoms with Gasteiger partial charge in [-0.05, 0) is 17.7 Å². The third-order valence-electron chi connectivity index (χ3n) is 3.35. The first-order chi connectivity index (χ1) is 10.6. The summed E-state index contributed by atoms with van der Waals surface area (Å²) in [5, 5.41) is 22.1. The van der Waals surface area contributed by atoms with Crippen LogP contribution in [0, 0.1) is 0 Å². The van der Waals surface area contributed by atoms with Gasteiger partial charge in [0.15, 0.2) is 0 Å². The van der Waals surface area contributed by atoms with Gasteiger partial charge in [0.2, 0.25) is 0 Å². The molecule has 0 saturated heterocycles. The number of aliphatic hydroxyl groups is 2. The molecule has 0 aliphatic carbocycles. The predicted molar refractivity (Wildman–Crippen MR) is 94.0 cm³/mol. The normalized spacial score (nSPS) is 14.9. The van der Waals surface area contributed by atoms with Crippen LogP contribution in [0.2, 0.25) is 0 Å². The van der Waals surface area contributed by atoms with Crippen molar-refractivity contribution in [1.82, 2.24) is 5.32 Å². The van der Waals surface area contributed by atoms with Crippen molar-refractivity contribution in [3.05, 3.63) is 71.8 Å². The Labute approximate surface area is 143 Å². The summed E-state index contributed by atoms with van der Waals surface area (Å²) >= 11 is 2.06. The molecular weight excluding hydrogens is 393 g/mol.